The lowest BCUT2D eigenvalue weighted by Crippen LogP contribution is -2.59. The van der Waals surface area contributed by atoms with Crippen molar-refractivity contribution in [3.8, 4) is 0 Å². The smallest absolute Gasteiger partial charge is 0.315 e. The fourth-order valence-electron chi connectivity index (χ4n) is 3.79. The van der Waals surface area contributed by atoms with Gasteiger partial charge >= 0.3 is 6.03 Å². The topological polar surface area (TPSA) is 83.1 Å². The van der Waals surface area contributed by atoms with Gasteiger partial charge in [0.25, 0.3) is 0 Å². The van der Waals surface area contributed by atoms with Crippen molar-refractivity contribution in [2.45, 2.75) is 63.5 Å². The van der Waals surface area contributed by atoms with Gasteiger partial charge in [-0.25, -0.2) is 4.79 Å². The molecule has 1 atom stereocenters. The van der Waals surface area contributed by atoms with Crippen molar-refractivity contribution in [3.05, 3.63) is 29.6 Å². The molecule has 6 heteroatoms. The summed E-state index contributed by atoms with van der Waals surface area (Å²) in [5, 5.41) is 9.27. The number of carbonyl (C=O) groups excluding carboxylic acids is 2. The first-order chi connectivity index (χ1) is 12.1. The molecule has 2 heterocycles. The summed E-state index contributed by atoms with van der Waals surface area (Å²) in [7, 11) is 0. The zero-order chi connectivity index (χ0) is 17.7. The Labute approximate surface area is 149 Å². The van der Waals surface area contributed by atoms with E-state index in [1.54, 1.807) is 12.3 Å². The predicted octanol–water partition coefficient (Wildman–Crippen LogP) is 2.33. The molecule has 3 N–H and O–H groups in total. The summed E-state index contributed by atoms with van der Waals surface area (Å²) < 4.78 is 0. The van der Waals surface area contributed by atoms with E-state index in [2.05, 4.69) is 20.9 Å². The van der Waals surface area contributed by atoms with E-state index >= 15 is 0 Å². The second-order valence-electron chi connectivity index (χ2n) is 7.31. The van der Waals surface area contributed by atoms with E-state index in [1.807, 2.05) is 13.0 Å². The van der Waals surface area contributed by atoms with Crippen molar-refractivity contribution in [2.75, 3.05) is 13.1 Å². The van der Waals surface area contributed by atoms with Crippen LogP contribution in [0.4, 0.5) is 4.79 Å². The molecule has 0 aromatic carbocycles. The second-order valence-corrected chi connectivity index (χ2v) is 7.31. The molecule has 3 rings (SSSR count). The molecular weight excluding hydrogens is 316 g/mol. The fraction of sp³-hybridized carbons (Fsp3) is 0.632. The molecule has 6 nitrogen and oxygen atoms in total. The van der Waals surface area contributed by atoms with Gasteiger partial charge < -0.3 is 16.0 Å². The van der Waals surface area contributed by atoms with Crippen LogP contribution in [0.3, 0.4) is 0 Å². The quantitative estimate of drug-likeness (QED) is 0.578. The summed E-state index contributed by atoms with van der Waals surface area (Å²) in [6.45, 7) is 3.06. The van der Waals surface area contributed by atoms with Crippen LogP contribution in [0.1, 0.15) is 61.0 Å². The summed E-state index contributed by atoms with van der Waals surface area (Å²) in [5.41, 5.74) is 0.532. The maximum Gasteiger partial charge on any atom is 0.315 e. The van der Waals surface area contributed by atoms with E-state index < -0.39 is 5.54 Å². The van der Waals surface area contributed by atoms with Crippen LogP contribution in [0.15, 0.2) is 18.3 Å². The Balaban J connectivity index is 1.68. The lowest BCUT2D eigenvalue weighted by molar-refractivity contribution is 0.0872. The van der Waals surface area contributed by atoms with Gasteiger partial charge in [-0.1, -0.05) is 25.7 Å². The molecule has 1 aliphatic heterocycles. The van der Waals surface area contributed by atoms with Crippen molar-refractivity contribution in [1.29, 1.82) is 0 Å². The van der Waals surface area contributed by atoms with E-state index in [0.29, 0.717) is 18.5 Å². The van der Waals surface area contributed by atoms with Crippen LogP contribution in [-0.2, 0) is 0 Å². The molecule has 0 bridgehead atoms. The Kier molecular flexibility index (Phi) is 5.68. The number of hydrogen-bond donors (Lipinski definition) is 3. The first-order valence-corrected chi connectivity index (χ1v) is 9.36. The number of aryl methyl sites for hydroxylation is 1. The molecule has 2 fully saturated rings. The maximum absolute atomic E-state index is 13.0. The van der Waals surface area contributed by atoms with Crippen LogP contribution < -0.4 is 16.0 Å². The number of ketones is 1. The van der Waals surface area contributed by atoms with Crippen LogP contribution in [0.25, 0.3) is 0 Å². The minimum atomic E-state index is -0.883. The molecule has 25 heavy (non-hydrogen) atoms. The molecule has 0 unspecified atom stereocenters. The molecule has 1 aliphatic carbocycles. The van der Waals surface area contributed by atoms with Gasteiger partial charge in [-0.2, -0.15) is 0 Å². The Bertz CT molecular complexity index is 600. The molecule has 136 valence electrons. The van der Waals surface area contributed by atoms with Gasteiger partial charge in [0, 0.05) is 30.0 Å². The fourth-order valence-corrected chi connectivity index (χ4v) is 3.79. The molecule has 0 radical (unpaired) electrons. The maximum atomic E-state index is 13.0. The third-order valence-corrected chi connectivity index (χ3v) is 5.31. The van der Waals surface area contributed by atoms with E-state index in [9.17, 15) is 9.59 Å². The number of aromatic nitrogens is 1. The molecule has 1 saturated heterocycles. The molecule has 1 aromatic heterocycles. The van der Waals surface area contributed by atoms with E-state index in [-0.39, 0.29) is 17.9 Å². The summed E-state index contributed by atoms with van der Waals surface area (Å²) in [6, 6.07) is 3.60. The number of pyridine rings is 1. The number of Topliss-reactive ketones (excluding diaryl/α,β-unsaturated/α-hetero) is 1. The number of rotatable bonds is 4. The summed E-state index contributed by atoms with van der Waals surface area (Å²) >= 11 is 0. The molecule has 2 amide bonds. The first-order valence-electron chi connectivity index (χ1n) is 9.36. The van der Waals surface area contributed by atoms with Gasteiger partial charge in [0.2, 0.25) is 0 Å². The van der Waals surface area contributed by atoms with Crippen LogP contribution in [-0.4, -0.2) is 41.5 Å². The van der Waals surface area contributed by atoms with Crippen molar-refractivity contribution in [1.82, 2.24) is 20.9 Å². The molecule has 0 spiro atoms. The second kappa shape index (κ2) is 7.95. The van der Waals surface area contributed by atoms with E-state index in [0.717, 1.165) is 37.9 Å². The average molecular weight is 344 g/mol. The number of urea groups is 1. The highest BCUT2D eigenvalue weighted by Gasteiger charge is 2.43. The molecule has 2 aliphatic rings. The SMILES string of the molecule is Cc1ccc(C(=O)[C@@]2(NC(=O)NC3CCCCCC3)CCNC2)cn1. The van der Waals surface area contributed by atoms with Gasteiger partial charge in [0.1, 0.15) is 5.54 Å². The lowest BCUT2D eigenvalue weighted by atomic mass is 9.89. The number of nitrogens with zero attached hydrogens (tertiary/aromatic N) is 1. The van der Waals surface area contributed by atoms with E-state index in [4.69, 9.17) is 0 Å². The Morgan fingerprint density at radius 1 is 1.20 bits per heavy atom. The van der Waals surface area contributed by atoms with Gasteiger partial charge in [-0.15, -0.1) is 0 Å². The van der Waals surface area contributed by atoms with Crippen LogP contribution in [0, 0.1) is 6.92 Å². The number of hydrogen-bond acceptors (Lipinski definition) is 4. The van der Waals surface area contributed by atoms with E-state index in [1.165, 1.54) is 12.8 Å². The zero-order valence-corrected chi connectivity index (χ0v) is 14.9. The van der Waals surface area contributed by atoms with Crippen molar-refractivity contribution in [3.63, 3.8) is 0 Å². The Hall–Kier alpha value is -1.95. The summed E-state index contributed by atoms with van der Waals surface area (Å²) in [5.74, 6) is -0.0685. The number of nitrogens with one attached hydrogen (secondary N) is 3. The Morgan fingerprint density at radius 3 is 2.56 bits per heavy atom. The first kappa shape index (κ1) is 17.9. The van der Waals surface area contributed by atoms with Crippen LogP contribution in [0.5, 0.6) is 0 Å². The van der Waals surface area contributed by atoms with Crippen LogP contribution in [0.2, 0.25) is 0 Å². The highest BCUT2D eigenvalue weighted by Crippen LogP contribution is 2.22. The van der Waals surface area contributed by atoms with Crippen molar-refractivity contribution in [2.24, 2.45) is 0 Å². The third kappa shape index (κ3) is 4.37. The minimum Gasteiger partial charge on any atom is -0.335 e. The molecule has 1 aromatic rings. The van der Waals surface area contributed by atoms with Crippen molar-refractivity contribution >= 4 is 11.8 Å². The zero-order valence-electron chi connectivity index (χ0n) is 14.9. The average Bonchev–Trinajstić information content (AvgIpc) is 2.92. The molecule has 1 saturated carbocycles. The summed E-state index contributed by atoms with van der Waals surface area (Å²) in [6.07, 6.45) is 9.04. The van der Waals surface area contributed by atoms with Crippen LogP contribution >= 0.6 is 0 Å². The lowest BCUT2D eigenvalue weighted by Gasteiger charge is -2.29. The van der Waals surface area contributed by atoms with Crippen molar-refractivity contribution < 1.29 is 9.59 Å². The summed E-state index contributed by atoms with van der Waals surface area (Å²) in [4.78, 5) is 29.8. The standard InChI is InChI=1S/C19H28N4O2/c1-14-8-9-15(12-21-14)17(24)19(10-11-20-13-19)23-18(25)22-16-6-4-2-3-5-7-16/h8-9,12,16,20H,2-7,10-11,13H2,1H3,(H2,22,23,25)/t19-/m1/s1. The predicted molar refractivity (Wildman–Crippen MR) is 96.7 cm³/mol. The third-order valence-electron chi connectivity index (χ3n) is 5.31. The number of amides is 2. The number of carbonyl (C=O) groups is 2. The normalized spacial score (nSPS) is 24.5. The van der Waals surface area contributed by atoms with Gasteiger partial charge in [0.05, 0.1) is 0 Å². The van der Waals surface area contributed by atoms with Gasteiger partial charge in [-0.05, 0) is 44.9 Å². The largest absolute Gasteiger partial charge is 0.335 e. The minimum absolute atomic E-state index is 0.0685. The monoisotopic (exact) mass is 344 g/mol. The molecular formula is C19H28N4O2. The van der Waals surface area contributed by atoms with Gasteiger partial charge in [-0.3, -0.25) is 9.78 Å². The highest BCUT2D eigenvalue weighted by molar-refractivity contribution is 6.05. The Morgan fingerprint density at radius 2 is 1.96 bits per heavy atom. The van der Waals surface area contributed by atoms with Gasteiger partial charge in [0.15, 0.2) is 5.78 Å². The highest BCUT2D eigenvalue weighted by atomic mass is 16.2.